The molecule has 0 aliphatic heterocycles. The molecule has 0 aliphatic rings. The van der Waals surface area contributed by atoms with Gasteiger partial charge in [0.15, 0.2) is 0 Å². The molecule has 1 rings (SSSR count). The lowest BCUT2D eigenvalue weighted by Gasteiger charge is -2.16. The number of hydrogen-bond acceptors (Lipinski definition) is 2. The van der Waals surface area contributed by atoms with Crippen LogP contribution in [0, 0.1) is 6.92 Å². The van der Waals surface area contributed by atoms with Crippen molar-refractivity contribution >= 4 is 27.5 Å². The number of halogens is 1. The van der Waals surface area contributed by atoms with Crippen LogP contribution in [0.15, 0.2) is 35.3 Å². The number of aryl methyl sites for hydroxylation is 1. The van der Waals surface area contributed by atoms with Gasteiger partial charge in [0.25, 0.3) is 0 Å². The van der Waals surface area contributed by atoms with Crippen LogP contribution in [-0.2, 0) is 4.79 Å². The number of rotatable bonds is 5. The van der Waals surface area contributed by atoms with Crippen molar-refractivity contribution in [2.24, 2.45) is 0 Å². The Morgan fingerprint density at radius 2 is 2.29 bits per heavy atom. The molecule has 0 fully saturated rings. The monoisotopic (exact) mass is 296 g/mol. The average molecular weight is 297 g/mol. The number of hydrogen-bond donors (Lipinski definition) is 2. The highest BCUT2D eigenvalue weighted by Crippen LogP contribution is 2.26. The maximum atomic E-state index is 11.7. The normalized spacial score (nSPS) is 11.7. The number of benzene rings is 1. The van der Waals surface area contributed by atoms with Crippen LogP contribution >= 0.6 is 15.9 Å². The molecule has 17 heavy (non-hydrogen) atoms. The van der Waals surface area contributed by atoms with Crippen LogP contribution in [0.4, 0.5) is 5.69 Å². The molecule has 0 saturated heterocycles. The highest BCUT2D eigenvalue weighted by molar-refractivity contribution is 9.10. The topological polar surface area (TPSA) is 41.1 Å². The fraction of sp³-hybridized carbons (Fsp3) is 0.308. The molecule has 2 N–H and O–H groups in total. The van der Waals surface area contributed by atoms with Gasteiger partial charge in [-0.1, -0.05) is 18.2 Å². The smallest absolute Gasteiger partial charge is 0.242 e. The van der Waals surface area contributed by atoms with E-state index < -0.39 is 0 Å². The van der Waals surface area contributed by atoms with E-state index in [0.717, 1.165) is 15.7 Å². The second-order valence-electron chi connectivity index (χ2n) is 3.84. The molecule has 0 heterocycles. The first-order valence-electron chi connectivity index (χ1n) is 5.46. The van der Waals surface area contributed by atoms with Crippen LogP contribution in [0.1, 0.15) is 12.5 Å². The van der Waals surface area contributed by atoms with Gasteiger partial charge in [-0.05, 0) is 41.4 Å². The van der Waals surface area contributed by atoms with E-state index in [1.54, 1.807) is 6.08 Å². The van der Waals surface area contributed by atoms with E-state index >= 15 is 0 Å². The molecule has 1 unspecified atom stereocenters. The Hall–Kier alpha value is -1.29. The van der Waals surface area contributed by atoms with E-state index in [2.05, 4.69) is 33.1 Å². The molecule has 0 bridgehead atoms. The van der Waals surface area contributed by atoms with Crippen LogP contribution in [-0.4, -0.2) is 18.5 Å². The van der Waals surface area contributed by atoms with Gasteiger partial charge in [-0.2, -0.15) is 0 Å². The van der Waals surface area contributed by atoms with Crippen molar-refractivity contribution in [1.29, 1.82) is 0 Å². The van der Waals surface area contributed by atoms with Crippen molar-refractivity contribution in [1.82, 2.24) is 5.32 Å². The molecule has 0 saturated carbocycles. The Kier molecular flexibility index (Phi) is 5.22. The number of amides is 1. The van der Waals surface area contributed by atoms with Gasteiger partial charge in [0.05, 0.1) is 0 Å². The van der Waals surface area contributed by atoms with Crippen LogP contribution in [0.25, 0.3) is 0 Å². The van der Waals surface area contributed by atoms with Gasteiger partial charge >= 0.3 is 0 Å². The molecule has 1 aromatic rings. The third kappa shape index (κ3) is 3.89. The van der Waals surface area contributed by atoms with Crippen LogP contribution < -0.4 is 10.6 Å². The molecule has 0 radical (unpaired) electrons. The second kappa shape index (κ2) is 6.45. The average Bonchev–Trinajstić information content (AvgIpc) is 2.31. The first-order chi connectivity index (χ1) is 8.06. The number of nitrogens with one attached hydrogen (secondary N) is 2. The van der Waals surface area contributed by atoms with Gasteiger partial charge in [-0.3, -0.25) is 4.79 Å². The summed E-state index contributed by atoms with van der Waals surface area (Å²) in [7, 11) is 0. The quantitative estimate of drug-likeness (QED) is 0.821. The number of anilines is 1. The Bertz CT molecular complexity index is 418. The molecule has 4 heteroatoms. The van der Waals surface area contributed by atoms with Gasteiger partial charge in [0.1, 0.15) is 6.04 Å². The zero-order valence-electron chi connectivity index (χ0n) is 10.1. The largest absolute Gasteiger partial charge is 0.373 e. The molecule has 1 aromatic carbocycles. The summed E-state index contributed by atoms with van der Waals surface area (Å²) < 4.78 is 0.989. The zero-order valence-corrected chi connectivity index (χ0v) is 11.7. The van der Waals surface area contributed by atoms with Crippen molar-refractivity contribution in [2.75, 3.05) is 11.9 Å². The Morgan fingerprint density at radius 3 is 2.94 bits per heavy atom. The summed E-state index contributed by atoms with van der Waals surface area (Å²) in [5, 5.41) is 5.92. The van der Waals surface area contributed by atoms with Crippen LogP contribution in [0.5, 0.6) is 0 Å². The highest BCUT2D eigenvalue weighted by Gasteiger charge is 2.13. The van der Waals surface area contributed by atoms with Gasteiger partial charge in [-0.25, -0.2) is 0 Å². The number of carbonyl (C=O) groups is 1. The molecule has 0 aromatic heterocycles. The number of carbonyl (C=O) groups excluding carboxylic acids is 1. The minimum absolute atomic E-state index is 0.0432. The summed E-state index contributed by atoms with van der Waals surface area (Å²) in [4.78, 5) is 11.7. The van der Waals surface area contributed by atoms with Crippen molar-refractivity contribution in [2.45, 2.75) is 19.9 Å². The van der Waals surface area contributed by atoms with Crippen LogP contribution in [0.3, 0.4) is 0 Å². The fourth-order valence-corrected chi connectivity index (χ4v) is 1.76. The second-order valence-corrected chi connectivity index (χ2v) is 4.63. The maximum Gasteiger partial charge on any atom is 0.242 e. The summed E-state index contributed by atoms with van der Waals surface area (Å²) in [5.41, 5.74) is 2.06. The zero-order chi connectivity index (χ0) is 12.8. The minimum Gasteiger partial charge on any atom is -0.373 e. The summed E-state index contributed by atoms with van der Waals surface area (Å²) in [6.45, 7) is 7.88. The standard InChI is InChI=1S/C13H17BrN2O/c1-4-8-15-13(17)10(3)16-11-7-5-6-9(2)12(11)14/h4-7,10,16H,1,8H2,2-3H3,(H,15,17). The van der Waals surface area contributed by atoms with Gasteiger partial charge in [0.2, 0.25) is 5.91 Å². The third-order valence-corrected chi connectivity index (χ3v) is 3.43. The Morgan fingerprint density at radius 1 is 1.59 bits per heavy atom. The van der Waals surface area contributed by atoms with E-state index in [1.807, 2.05) is 32.0 Å². The van der Waals surface area contributed by atoms with Gasteiger partial charge in [-0.15, -0.1) is 6.58 Å². The Labute approximate surface area is 110 Å². The SMILES string of the molecule is C=CCNC(=O)C(C)Nc1cccc(C)c1Br. The predicted octanol–water partition coefficient (Wildman–Crippen LogP) is 2.86. The molecular weight excluding hydrogens is 280 g/mol. The Balaban J connectivity index is 2.67. The lowest BCUT2D eigenvalue weighted by Crippen LogP contribution is -2.37. The molecule has 0 aliphatic carbocycles. The molecule has 3 nitrogen and oxygen atoms in total. The first kappa shape index (κ1) is 13.8. The summed E-state index contributed by atoms with van der Waals surface area (Å²) >= 11 is 3.50. The van der Waals surface area contributed by atoms with E-state index in [1.165, 1.54) is 0 Å². The molecule has 1 atom stereocenters. The molecule has 0 spiro atoms. The first-order valence-corrected chi connectivity index (χ1v) is 6.25. The van der Waals surface area contributed by atoms with Crippen LogP contribution in [0.2, 0.25) is 0 Å². The van der Waals surface area contributed by atoms with Gasteiger partial charge < -0.3 is 10.6 Å². The highest BCUT2D eigenvalue weighted by atomic mass is 79.9. The van der Waals surface area contributed by atoms with E-state index in [-0.39, 0.29) is 11.9 Å². The van der Waals surface area contributed by atoms with Crippen molar-refractivity contribution in [3.63, 3.8) is 0 Å². The van der Waals surface area contributed by atoms with E-state index in [9.17, 15) is 4.79 Å². The molecule has 92 valence electrons. The summed E-state index contributed by atoms with van der Waals surface area (Å²) in [6.07, 6.45) is 1.66. The third-order valence-electron chi connectivity index (χ3n) is 2.38. The van der Waals surface area contributed by atoms with E-state index in [4.69, 9.17) is 0 Å². The van der Waals surface area contributed by atoms with E-state index in [0.29, 0.717) is 6.54 Å². The van der Waals surface area contributed by atoms with Gasteiger partial charge in [0, 0.05) is 16.7 Å². The lowest BCUT2D eigenvalue weighted by atomic mass is 10.2. The molecular formula is C13H17BrN2O. The minimum atomic E-state index is -0.284. The van der Waals surface area contributed by atoms with Crippen molar-refractivity contribution < 1.29 is 4.79 Å². The fourth-order valence-electron chi connectivity index (χ4n) is 1.38. The predicted molar refractivity (Wildman–Crippen MR) is 75.2 cm³/mol. The lowest BCUT2D eigenvalue weighted by molar-refractivity contribution is -0.121. The summed E-state index contributed by atoms with van der Waals surface area (Å²) in [5.74, 6) is -0.0432. The molecule has 1 amide bonds. The summed E-state index contributed by atoms with van der Waals surface area (Å²) in [6, 6.07) is 5.62. The van der Waals surface area contributed by atoms with Crippen molar-refractivity contribution in [3.8, 4) is 0 Å². The maximum absolute atomic E-state index is 11.7. The van der Waals surface area contributed by atoms with Crippen molar-refractivity contribution in [3.05, 3.63) is 40.9 Å².